The van der Waals surface area contributed by atoms with Crippen LogP contribution in [-0.4, -0.2) is 14.2 Å². The number of rotatable bonds is 3. The highest BCUT2D eigenvalue weighted by atomic mass is 19.1. The Kier molecular flexibility index (Phi) is 3.06. The summed E-state index contributed by atoms with van der Waals surface area (Å²) >= 11 is 0. The fourth-order valence-corrected chi connectivity index (χ4v) is 1.03. The molecule has 0 heterocycles. The van der Waals surface area contributed by atoms with Crippen molar-refractivity contribution in [3.63, 3.8) is 0 Å². The molecule has 0 amide bonds. The summed E-state index contributed by atoms with van der Waals surface area (Å²) in [5, 5.41) is 0. The van der Waals surface area contributed by atoms with Gasteiger partial charge in [0.25, 0.3) is 0 Å². The van der Waals surface area contributed by atoms with Crippen LogP contribution in [0.15, 0.2) is 12.1 Å². The summed E-state index contributed by atoms with van der Waals surface area (Å²) in [6.45, 7) is -0.709. The normalized spacial score (nSPS) is 9.85. The number of alkyl halides is 1. The third-order valence-electron chi connectivity index (χ3n) is 1.70. The topological polar surface area (TPSA) is 18.5 Å². The average Bonchev–Trinajstić information content (AvgIpc) is 2.17. The molecule has 0 radical (unpaired) electrons. The first-order valence-corrected chi connectivity index (χ1v) is 3.69. The molecule has 1 aromatic carbocycles. The number of methoxy groups -OCH3 is 2. The summed E-state index contributed by atoms with van der Waals surface area (Å²) in [6, 6.07) is 2.39. The number of hydrogen-bond donors (Lipinski definition) is 0. The fraction of sp³-hybridized carbons (Fsp3) is 0.333. The van der Waals surface area contributed by atoms with Crippen LogP contribution in [0, 0.1) is 5.82 Å². The van der Waals surface area contributed by atoms with Gasteiger partial charge in [-0.2, -0.15) is 0 Å². The lowest BCUT2D eigenvalue weighted by molar-refractivity contribution is 0.366. The van der Waals surface area contributed by atoms with E-state index in [1.165, 1.54) is 20.3 Å². The second-order valence-corrected chi connectivity index (χ2v) is 2.43. The van der Waals surface area contributed by atoms with Crippen LogP contribution < -0.4 is 9.47 Å². The van der Waals surface area contributed by atoms with Crippen LogP contribution in [0.2, 0.25) is 0 Å². The van der Waals surface area contributed by atoms with Crippen molar-refractivity contribution < 1.29 is 18.3 Å². The van der Waals surface area contributed by atoms with Gasteiger partial charge in [-0.1, -0.05) is 0 Å². The van der Waals surface area contributed by atoms with Crippen LogP contribution in [0.3, 0.4) is 0 Å². The van der Waals surface area contributed by atoms with Crippen molar-refractivity contribution in [3.8, 4) is 11.5 Å². The minimum absolute atomic E-state index is 0.0217. The molecule has 0 spiro atoms. The molecule has 0 atom stereocenters. The van der Waals surface area contributed by atoms with Gasteiger partial charge in [0.05, 0.1) is 14.2 Å². The van der Waals surface area contributed by atoms with E-state index in [-0.39, 0.29) is 17.1 Å². The molecule has 0 bridgehead atoms. The van der Waals surface area contributed by atoms with E-state index in [0.717, 1.165) is 6.07 Å². The molecule has 0 unspecified atom stereocenters. The van der Waals surface area contributed by atoms with Crippen molar-refractivity contribution in [3.05, 3.63) is 23.5 Å². The fourth-order valence-electron chi connectivity index (χ4n) is 1.03. The molecule has 0 N–H and O–H groups in total. The Morgan fingerprint density at radius 2 is 1.77 bits per heavy atom. The Labute approximate surface area is 75.1 Å². The molecular weight excluding hydrogens is 178 g/mol. The molecule has 0 aromatic heterocycles. The van der Waals surface area contributed by atoms with Gasteiger partial charge in [-0.05, 0) is 6.07 Å². The van der Waals surface area contributed by atoms with Gasteiger partial charge in [0.1, 0.15) is 12.4 Å². The molecule has 0 saturated heterocycles. The van der Waals surface area contributed by atoms with E-state index in [1.807, 2.05) is 0 Å². The standard InChI is InChI=1S/C9H10F2O2/c1-12-8-4-7(11)9(13-2)3-6(8)5-10/h3-4H,5H2,1-2H3. The number of hydrogen-bond acceptors (Lipinski definition) is 2. The Balaban J connectivity index is 3.18. The van der Waals surface area contributed by atoms with Gasteiger partial charge < -0.3 is 9.47 Å². The maximum absolute atomic E-state index is 13.0. The molecule has 1 rings (SSSR count). The van der Waals surface area contributed by atoms with Gasteiger partial charge >= 0.3 is 0 Å². The van der Waals surface area contributed by atoms with Gasteiger partial charge in [-0.3, -0.25) is 0 Å². The summed E-state index contributed by atoms with van der Waals surface area (Å²) in [6.07, 6.45) is 0. The second-order valence-electron chi connectivity index (χ2n) is 2.43. The van der Waals surface area contributed by atoms with Crippen molar-refractivity contribution in [1.82, 2.24) is 0 Å². The van der Waals surface area contributed by atoms with Gasteiger partial charge in [-0.25, -0.2) is 8.78 Å². The second kappa shape index (κ2) is 4.07. The summed E-state index contributed by atoms with van der Waals surface area (Å²) < 4.78 is 34.9. The van der Waals surface area contributed by atoms with Crippen molar-refractivity contribution in [2.45, 2.75) is 6.67 Å². The minimum Gasteiger partial charge on any atom is -0.496 e. The summed E-state index contributed by atoms with van der Waals surface area (Å²) in [7, 11) is 2.69. The van der Waals surface area contributed by atoms with Gasteiger partial charge in [0, 0.05) is 11.6 Å². The highest BCUT2D eigenvalue weighted by Crippen LogP contribution is 2.27. The molecule has 0 aliphatic carbocycles. The molecule has 0 aliphatic rings. The van der Waals surface area contributed by atoms with Crippen LogP contribution in [-0.2, 0) is 6.67 Å². The van der Waals surface area contributed by atoms with Crippen LogP contribution in [0.4, 0.5) is 8.78 Å². The molecule has 4 heteroatoms. The third-order valence-corrected chi connectivity index (χ3v) is 1.70. The number of ether oxygens (including phenoxy) is 2. The van der Waals surface area contributed by atoms with Crippen LogP contribution in [0.5, 0.6) is 11.5 Å². The SMILES string of the molecule is COc1cc(CF)c(OC)cc1F. The van der Waals surface area contributed by atoms with Crippen molar-refractivity contribution in [1.29, 1.82) is 0 Å². The van der Waals surface area contributed by atoms with E-state index in [4.69, 9.17) is 4.74 Å². The van der Waals surface area contributed by atoms with Crippen LogP contribution >= 0.6 is 0 Å². The Bertz CT molecular complexity index is 300. The maximum atomic E-state index is 13.0. The van der Waals surface area contributed by atoms with Crippen LogP contribution in [0.25, 0.3) is 0 Å². The zero-order valence-corrected chi connectivity index (χ0v) is 7.43. The molecule has 0 fully saturated rings. The molecular formula is C9H10F2O2. The quantitative estimate of drug-likeness (QED) is 0.724. The molecule has 72 valence electrons. The maximum Gasteiger partial charge on any atom is 0.168 e. The molecule has 2 nitrogen and oxygen atoms in total. The van der Waals surface area contributed by atoms with E-state index >= 15 is 0 Å². The Hall–Kier alpha value is -1.32. The van der Waals surface area contributed by atoms with Crippen molar-refractivity contribution >= 4 is 0 Å². The predicted octanol–water partition coefficient (Wildman–Crippen LogP) is 2.31. The first-order valence-electron chi connectivity index (χ1n) is 3.69. The van der Waals surface area contributed by atoms with Gasteiger partial charge in [0.15, 0.2) is 11.6 Å². The summed E-state index contributed by atoms with van der Waals surface area (Å²) in [4.78, 5) is 0. The smallest absolute Gasteiger partial charge is 0.168 e. The van der Waals surface area contributed by atoms with Gasteiger partial charge in [-0.15, -0.1) is 0 Å². The monoisotopic (exact) mass is 188 g/mol. The van der Waals surface area contributed by atoms with Gasteiger partial charge in [0.2, 0.25) is 0 Å². The highest BCUT2D eigenvalue weighted by molar-refractivity contribution is 5.41. The number of halogens is 2. The third kappa shape index (κ3) is 1.88. The largest absolute Gasteiger partial charge is 0.496 e. The van der Waals surface area contributed by atoms with E-state index in [0.29, 0.717) is 0 Å². The molecule has 13 heavy (non-hydrogen) atoms. The van der Waals surface area contributed by atoms with E-state index in [1.54, 1.807) is 0 Å². The average molecular weight is 188 g/mol. The Morgan fingerprint density at radius 1 is 1.15 bits per heavy atom. The van der Waals surface area contributed by atoms with Crippen LogP contribution in [0.1, 0.15) is 5.56 Å². The number of benzene rings is 1. The molecule has 1 aromatic rings. The highest BCUT2D eigenvalue weighted by Gasteiger charge is 2.10. The lowest BCUT2D eigenvalue weighted by atomic mass is 10.2. The summed E-state index contributed by atoms with van der Waals surface area (Å²) in [5.41, 5.74) is 0.278. The van der Waals surface area contributed by atoms with E-state index in [9.17, 15) is 8.78 Å². The summed E-state index contributed by atoms with van der Waals surface area (Å²) in [5.74, 6) is -0.342. The van der Waals surface area contributed by atoms with Crippen molar-refractivity contribution in [2.24, 2.45) is 0 Å². The zero-order valence-electron chi connectivity index (χ0n) is 7.43. The van der Waals surface area contributed by atoms with E-state index < -0.39 is 12.5 Å². The minimum atomic E-state index is -0.709. The predicted molar refractivity (Wildman–Crippen MR) is 44.3 cm³/mol. The molecule has 0 aliphatic heterocycles. The van der Waals surface area contributed by atoms with Crippen molar-refractivity contribution in [2.75, 3.05) is 14.2 Å². The first kappa shape index (κ1) is 9.77. The Morgan fingerprint density at radius 3 is 2.23 bits per heavy atom. The lowest BCUT2D eigenvalue weighted by Gasteiger charge is -2.08. The first-order chi connectivity index (χ1) is 6.22. The zero-order chi connectivity index (χ0) is 9.84. The lowest BCUT2D eigenvalue weighted by Crippen LogP contribution is -1.95. The molecule has 0 saturated carbocycles. The van der Waals surface area contributed by atoms with E-state index in [2.05, 4.69) is 4.74 Å².